The Kier molecular flexibility index (Phi) is 8.63. The molecule has 0 radical (unpaired) electrons. The van der Waals surface area contributed by atoms with Gasteiger partial charge in [0.25, 0.3) is 17.7 Å². The van der Waals surface area contributed by atoms with Crippen molar-refractivity contribution >= 4 is 29.5 Å². The minimum Gasteiger partial charge on any atom is -0.493 e. The zero-order chi connectivity index (χ0) is 25.4. The topological polar surface area (TPSA) is 146 Å². The van der Waals surface area contributed by atoms with E-state index in [2.05, 4.69) is 20.8 Å². The normalized spacial score (nSPS) is 10.4. The Hall–Kier alpha value is -4.12. The van der Waals surface area contributed by atoms with Crippen LogP contribution < -0.4 is 26.1 Å². The van der Waals surface area contributed by atoms with Crippen molar-refractivity contribution in [2.45, 2.75) is 24.8 Å². The van der Waals surface area contributed by atoms with Crippen LogP contribution in [0, 0.1) is 13.8 Å². The molecule has 0 aliphatic carbocycles. The number of ether oxygens (including phenoxy) is 2. The van der Waals surface area contributed by atoms with E-state index in [1.165, 1.54) is 37.1 Å². The van der Waals surface area contributed by atoms with Crippen LogP contribution in [0.4, 0.5) is 0 Å². The Morgan fingerprint density at radius 3 is 2.09 bits per heavy atom. The van der Waals surface area contributed by atoms with Crippen molar-refractivity contribution in [2.24, 2.45) is 5.73 Å². The molecule has 0 atom stereocenters. The predicted octanol–water partition coefficient (Wildman–Crippen LogP) is 2.33. The molecule has 1 heterocycles. The molecule has 35 heavy (non-hydrogen) atoms. The smallest absolute Gasteiger partial charge is 0.269 e. The molecule has 3 aromatic rings. The number of hydrazine groups is 1. The number of amides is 3. The summed E-state index contributed by atoms with van der Waals surface area (Å²) < 4.78 is 10.4. The lowest BCUT2D eigenvalue weighted by Crippen LogP contribution is -2.41. The maximum atomic E-state index is 12.4. The molecule has 11 heteroatoms. The first kappa shape index (κ1) is 25.5. The highest BCUT2D eigenvalue weighted by molar-refractivity contribution is 7.98. The number of rotatable bonds is 9. The average molecular weight is 496 g/mol. The van der Waals surface area contributed by atoms with Crippen molar-refractivity contribution in [2.75, 3.05) is 13.7 Å². The number of aromatic nitrogens is 2. The Labute approximate surface area is 206 Å². The summed E-state index contributed by atoms with van der Waals surface area (Å²) in [7, 11) is 1.40. The fraction of sp³-hybridized carbons (Fsp3) is 0.208. The van der Waals surface area contributed by atoms with Crippen LogP contribution in [0.3, 0.4) is 0 Å². The van der Waals surface area contributed by atoms with Gasteiger partial charge in [0, 0.05) is 28.3 Å². The van der Waals surface area contributed by atoms with Gasteiger partial charge in [-0.25, -0.2) is 9.97 Å². The highest BCUT2D eigenvalue weighted by Gasteiger charge is 2.13. The summed E-state index contributed by atoms with van der Waals surface area (Å²) in [6, 6.07) is 13.3. The summed E-state index contributed by atoms with van der Waals surface area (Å²) in [6.07, 6.45) is 0. The van der Waals surface area contributed by atoms with Crippen LogP contribution in [0.1, 0.15) is 37.7 Å². The second kappa shape index (κ2) is 11.8. The van der Waals surface area contributed by atoms with E-state index >= 15 is 0 Å². The van der Waals surface area contributed by atoms with Crippen LogP contribution >= 0.6 is 11.8 Å². The number of nitrogens with zero attached hydrogens (tertiary/aromatic N) is 2. The van der Waals surface area contributed by atoms with Gasteiger partial charge in [0.05, 0.1) is 7.11 Å². The summed E-state index contributed by atoms with van der Waals surface area (Å²) in [5.41, 5.74) is 13.2. The van der Waals surface area contributed by atoms with Crippen molar-refractivity contribution in [3.8, 4) is 11.5 Å². The molecule has 0 saturated heterocycles. The van der Waals surface area contributed by atoms with Crippen LogP contribution in [0.25, 0.3) is 0 Å². The Morgan fingerprint density at radius 1 is 0.886 bits per heavy atom. The number of benzene rings is 2. The molecule has 0 aliphatic rings. The van der Waals surface area contributed by atoms with Gasteiger partial charge in [0.15, 0.2) is 23.3 Å². The summed E-state index contributed by atoms with van der Waals surface area (Å²) in [6.45, 7) is 3.53. The highest BCUT2D eigenvalue weighted by Crippen LogP contribution is 2.28. The SMILES string of the molecule is COc1cc(C(=O)NNC(=O)c2ccc(CSc3nc(C)cc(C)n3)cc2)ccc1OCC(N)=O. The summed E-state index contributed by atoms with van der Waals surface area (Å²) >= 11 is 1.51. The summed E-state index contributed by atoms with van der Waals surface area (Å²) in [5.74, 6) is -0.510. The molecule has 2 aromatic carbocycles. The first-order valence-electron chi connectivity index (χ1n) is 10.5. The number of hydrogen-bond acceptors (Lipinski definition) is 8. The molecule has 0 unspecified atom stereocenters. The molecule has 0 bridgehead atoms. The number of carbonyl (C=O) groups excluding carboxylic acids is 3. The van der Waals surface area contributed by atoms with E-state index in [-0.39, 0.29) is 23.7 Å². The van der Waals surface area contributed by atoms with Crippen LogP contribution in [0.5, 0.6) is 11.5 Å². The van der Waals surface area contributed by atoms with Gasteiger partial charge in [-0.05, 0) is 55.8 Å². The lowest BCUT2D eigenvalue weighted by Gasteiger charge is -2.12. The van der Waals surface area contributed by atoms with Crippen LogP contribution in [-0.2, 0) is 10.5 Å². The van der Waals surface area contributed by atoms with Crippen molar-refractivity contribution < 1.29 is 23.9 Å². The number of aryl methyl sites for hydroxylation is 2. The monoisotopic (exact) mass is 495 g/mol. The number of carbonyl (C=O) groups is 3. The minimum atomic E-state index is -0.640. The molecule has 0 spiro atoms. The third-order valence-electron chi connectivity index (χ3n) is 4.63. The van der Waals surface area contributed by atoms with E-state index in [1.54, 1.807) is 12.1 Å². The predicted molar refractivity (Wildman–Crippen MR) is 130 cm³/mol. The number of methoxy groups -OCH3 is 1. The van der Waals surface area contributed by atoms with E-state index in [9.17, 15) is 14.4 Å². The lowest BCUT2D eigenvalue weighted by molar-refractivity contribution is -0.119. The second-order valence-electron chi connectivity index (χ2n) is 7.45. The highest BCUT2D eigenvalue weighted by atomic mass is 32.2. The van der Waals surface area contributed by atoms with Gasteiger partial charge in [0.1, 0.15) is 0 Å². The van der Waals surface area contributed by atoms with Gasteiger partial charge in [-0.2, -0.15) is 0 Å². The summed E-state index contributed by atoms with van der Waals surface area (Å²) in [5, 5.41) is 0.705. The number of thioether (sulfide) groups is 1. The van der Waals surface area contributed by atoms with Crippen molar-refractivity contribution in [1.82, 2.24) is 20.8 Å². The molecule has 3 amide bonds. The van der Waals surface area contributed by atoms with E-state index in [0.717, 1.165) is 17.0 Å². The number of nitrogens with two attached hydrogens (primary N) is 1. The lowest BCUT2D eigenvalue weighted by atomic mass is 10.1. The number of hydrogen-bond donors (Lipinski definition) is 3. The van der Waals surface area contributed by atoms with E-state index < -0.39 is 17.7 Å². The fourth-order valence-corrected chi connectivity index (χ4v) is 3.90. The quantitative estimate of drug-likeness (QED) is 0.233. The maximum absolute atomic E-state index is 12.4. The van der Waals surface area contributed by atoms with E-state index in [4.69, 9.17) is 15.2 Å². The van der Waals surface area contributed by atoms with Crippen LogP contribution in [-0.4, -0.2) is 41.4 Å². The Balaban J connectivity index is 1.54. The van der Waals surface area contributed by atoms with Crippen molar-refractivity contribution in [3.63, 3.8) is 0 Å². The average Bonchev–Trinajstić information content (AvgIpc) is 2.84. The van der Waals surface area contributed by atoms with Gasteiger partial charge < -0.3 is 15.2 Å². The Bertz CT molecular complexity index is 1210. The third-order valence-corrected chi connectivity index (χ3v) is 5.55. The molecule has 182 valence electrons. The summed E-state index contributed by atoms with van der Waals surface area (Å²) in [4.78, 5) is 44.6. The maximum Gasteiger partial charge on any atom is 0.269 e. The molecule has 3 rings (SSSR count). The zero-order valence-electron chi connectivity index (χ0n) is 19.5. The second-order valence-corrected chi connectivity index (χ2v) is 8.39. The van der Waals surface area contributed by atoms with Gasteiger partial charge >= 0.3 is 0 Å². The van der Waals surface area contributed by atoms with Crippen LogP contribution in [0.2, 0.25) is 0 Å². The minimum absolute atomic E-state index is 0.217. The van der Waals surface area contributed by atoms with Gasteiger partial charge in [-0.15, -0.1) is 0 Å². The molecular weight excluding hydrogens is 470 g/mol. The Morgan fingerprint density at radius 2 is 1.49 bits per heavy atom. The fourth-order valence-electron chi connectivity index (χ4n) is 2.99. The van der Waals surface area contributed by atoms with Gasteiger partial charge in [-0.1, -0.05) is 23.9 Å². The number of primary amides is 1. The van der Waals surface area contributed by atoms with Crippen molar-refractivity contribution in [3.05, 3.63) is 76.6 Å². The van der Waals surface area contributed by atoms with Crippen LogP contribution in [0.15, 0.2) is 53.7 Å². The van der Waals surface area contributed by atoms with Gasteiger partial charge in [0.2, 0.25) is 0 Å². The standard InChI is InChI=1S/C24H25N5O5S/c1-14-10-15(2)27-24(26-14)35-13-16-4-6-17(7-5-16)22(31)28-29-23(32)18-8-9-19(20(11-18)33-3)34-12-21(25)30/h4-11H,12-13H2,1-3H3,(H2,25,30)(H,28,31)(H,29,32). The molecule has 1 aromatic heterocycles. The van der Waals surface area contributed by atoms with E-state index in [1.807, 2.05) is 32.0 Å². The molecule has 10 nitrogen and oxygen atoms in total. The molecule has 4 N–H and O–H groups in total. The number of nitrogens with one attached hydrogen (secondary N) is 2. The molecular formula is C24H25N5O5S. The first-order valence-corrected chi connectivity index (χ1v) is 11.5. The molecule has 0 fully saturated rings. The largest absolute Gasteiger partial charge is 0.493 e. The van der Waals surface area contributed by atoms with Crippen molar-refractivity contribution in [1.29, 1.82) is 0 Å². The van der Waals surface area contributed by atoms with E-state index in [0.29, 0.717) is 16.5 Å². The zero-order valence-corrected chi connectivity index (χ0v) is 20.3. The first-order chi connectivity index (χ1) is 16.7. The molecule has 0 aliphatic heterocycles. The van der Waals surface area contributed by atoms with Gasteiger partial charge in [-0.3, -0.25) is 25.2 Å². The third kappa shape index (κ3) is 7.44. The molecule has 0 saturated carbocycles.